The lowest BCUT2D eigenvalue weighted by Crippen LogP contribution is -2.43. The van der Waals surface area contributed by atoms with Gasteiger partial charge in [0.15, 0.2) is 0 Å². The molecule has 0 atom stereocenters. The van der Waals surface area contributed by atoms with Gasteiger partial charge in [-0.1, -0.05) is 38.1 Å². The number of anilines is 1. The molecule has 0 amide bonds. The van der Waals surface area contributed by atoms with E-state index in [0.29, 0.717) is 5.75 Å². The molecule has 2 heterocycles. The second-order valence-corrected chi connectivity index (χ2v) is 9.04. The molecule has 0 bridgehead atoms. The number of ether oxygens (including phenoxy) is 2. The number of pyridine rings is 1. The van der Waals surface area contributed by atoms with Crippen molar-refractivity contribution in [1.29, 1.82) is 0 Å². The van der Waals surface area contributed by atoms with Crippen molar-refractivity contribution in [2.75, 3.05) is 5.01 Å². The SMILES string of the molecule is CC(C)(c1ccc(Oc2ccc(N3C=CNN3)nc2)cc1)c1ccc(OC2CC(N)C2)cc1. The van der Waals surface area contributed by atoms with Gasteiger partial charge in [0, 0.05) is 23.9 Å². The minimum Gasteiger partial charge on any atom is -0.490 e. The third kappa shape index (κ3) is 4.65. The third-order valence-electron chi connectivity index (χ3n) is 6.28. The first-order valence-corrected chi connectivity index (χ1v) is 11.2. The first kappa shape index (κ1) is 21.3. The van der Waals surface area contributed by atoms with Gasteiger partial charge in [-0.2, -0.15) is 0 Å². The summed E-state index contributed by atoms with van der Waals surface area (Å²) in [7, 11) is 0. The van der Waals surface area contributed by atoms with Crippen LogP contribution >= 0.6 is 0 Å². The molecular formula is C26H29N5O2. The average molecular weight is 444 g/mol. The van der Waals surface area contributed by atoms with Crippen molar-refractivity contribution in [2.45, 2.75) is 44.2 Å². The van der Waals surface area contributed by atoms with Crippen molar-refractivity contribution in [1.82, 2.24) is 15.9 Å². The van der Waals surface area contributed by atoms with Crippen molar-refractivity contribution >= 4 is 5.82 Å². The fraction of sp³-hybridized carbons (Fsp3) is 0.269. The molecule has 0 radical (unpaired) electrons. The molecule has 2 aliphatic rings. The molecule has 1 fully saturated rings. The van der Waals surface area contributed by atoms with E-state index < -0.39 is 0 Å². The maximum atomic E-state index is 5.99. The second kappa shape index (κ2) is 8.77. The highest BCUT2D eigenvalue weighted by Gasteiger charge is 2.28. The summed E-state index contributed by atoms with van der Waals surface area (Å²) in [5.74, 6) is 3.13. The second-order valence-electron chi connectivity index (χ2n) is 9.04. The number of hydrogen-bond donors (Lipinski definition) is 3. The predicted molar refractivity (Wildman–Crippen MR) is 129 cm³/mol. The van der Waals surface area contributed by atoms with Crippen LogP contribution in [0.25, 0.3) is 0 Å². The van der Waals surface area contributed by atoms with Crippen molar-refractivity contribution in [2.24, 2.45) is 5.73 Å². The molecule has 1 saturated carbocycles. The number of hydrazine groups is 2. The molecule has 5 rings (SSSR count). The minimum absolute atomic E-state index is 0.149. The zero-order valence-corrected chi connectivity index (χ0v) is 18.9. The van der Waals surface area contributed by atoms with E-state index in [-0.39, 0.29) is 17.6 Å². The molecule has 170 valence electrons. The van der Waals surface area contributed by atoms with Gasteiger partial charge in [0.05, 0.1) is 6.20 Å². The van der Waals surface area contributed by atoms with Crippen molar-refractivity contribution in [3.05, 3.63) is 90.4 Å². The highest BCUT2D eigenvalue weighted by Crippen LogP contribution is 2.34. The monoisotopic (exact) mass is 443 g/mol. The Morgan fingerprint density at radius 3 is 2.09 bits per heavy atom. The molecule has 0 spiro atoms. The van der Waals surface area contributed by atoms with Gasteiger partial charge in [0.25, 0.3) is 0 Å². The molecule has 0 unspecified atom stereocenters. The van der Waals surface area contributed by atoms with E-state index in [2.05, 4.69) is 66.2 Å². The lowest BCUT2D eigenvalue weighted by Gasteiger charge is -2.33. The van der Waals surface area contributed by atoms with Crippen LogP contribution in [0.5, 0.6) is 17.2 Å². The van der Waals surface area contributed by atoms with Crippen LogP contribution in [0.4, 0.5) is 5.82 Å². The average Bonchev–Trinajstić information content (AvgIpc) is 3.34. The lowest BCUT2D eigenvalue weighted by atomic mass is 9.78. The van der Waals surface area contributed by atoms with Crippen LogP contribution in [0.2, 0.25) is 0 Å². The lowest BCUT2D eigenvalue weighted by molar-refractivity contribution is 0.101. The van der Waals surface area contributed by atoms with Crippen molar-refractivity contribution in [3.8, 4) is 17.2 Å². The molecule has 1 aliphatic carbocycles. The number of aromatic nitrogens is 1. The summed E-state index contributed by atoms with van der Waals surface area (Å²) in [6.07, 6.45) is 7.49. The summed E-state index contributed by atoms with van der Waals surface area (Å²) < 4.78 is 12.0. The fourth-order valence-corrected chi connectivity index (χ4v) is 4.05. The molecule has 0 saturated heterocycles. The van der Waals surface area contributed by atoms with Gasteiger partial charge in [-0.05, 0) is 60.4 Å². The predicted octanol–water partition coefficient (Wildman–Crippen LogP) is 4.37. The maximum Gasteiger partial charge on any atom is 0.148 e. The van der Waals surface area contributed by atoms with Crippen LogP contribution in [0.15, 0.2) is 79.3 Å². The Kier molecular flexibility index (Phi) is 5.66. The molecule has 33 heavy (non-hydrogen) atoms. The van der Waals surface area contributed by atoms with Crippen LogP contribution < -0.4 is 31.2 Å². The van der Waals surface area contributed by atoms with E-state index in [0.717, 1.165) is 30.2 Å². The summed E-state index contributed by atoms with van der Waals surface area (Å²) in [5, 5.41) is 1.78. The molecule has 4 N–H and O–H groups in total. The molecule has 3 aromatic rings. The molecule has 7 nitrogen and oxygen atoms in total. The van der Waals surface area contributed by atoms with E-state index in [1.165, 1.54) is 11.1 Å². The number of nitrogens with two attached hydrogens (primary N) is 1. The molecular weight excluding hydrogens is 414 g/mol. The van der Waals surface area contributed by atoms with Crippen LogP contribution in [-0.4, -0.2) is 17.1 Å². The van der Waals surface area contributed by atoms with E-state index in [4.69, 9.17) is 15.2 Å². The summed E-state index contributed by atoms with van der Waals surface area (Å²) in [5.41, 5.74) is 14.0. The van der Waals surface area contributed by atoms with Gasteiger partial charge in [0.2, 0.25) is 0 Å². The zero-order chi connectivity index (χ0) is 22.8. The molecule has 7 heteroatoms. The Labute approximate surface area is 194 Å². The van der Waals surface area contributed by atoms with Gasteiger partial charge >= 0.3 is 0 Å². The Morgan fingerprint density at radius 1 is 0.909 bits per heavy atom. The smallest absolute Gasteiger partial charge is 0.148 e. The quantitative estimate of drug-likeness (QED) is 0.500. The van der Waals surface area contributed by atoms with Crippen LogP contribution in [0.1, 0.15) is 37.8 Å². The van der Waals surface area contributed by atoms with Crippen molar-refractivity contribution < 1.29 is 9.47 Å². The van der Waals surface area contributed by atoms with Crippen LogP contribution in [0, 0.1) is 0 Å². The highest BCUT2D eigenvalue weighted by molar-refractivity contribution is 5.45. The molecule has 1 aromatic heterocycles. The molecule has 2 aromatic carbocycles. The van der Waals surface area contributed by atoms with Gasteiger partial charge in [-0.15, -0.1) is 5.53 Å². The zero-order valence-electron chi connectivity index (χ0n) is 18.9. The first-order valence-electron chi connectivity index (χ1n) is 11.2. The Balaban J connectivity index is 1.23. The summed E-state index contributed by atoms with van der Waals surface area (Å²) in [6.45, 7) is 4.45. The fourth-order valence-electron chi connectivity index (χ4n) is 4.05. The van der Waals surface area contributed by atoms with E-state index >= 15 is 0 Å². The van der Waals surface area contributed by atoms with E-state index in [9.17, 15) is 0 Å². The molecule has 1 aliphatic heterocycles. The largest absolute Gasteiger partial charge is 0.490 e. The number of hydrogen-bond acceptors (Lipinski definition) is 7. The highest BCUT2D eigenvalue weighted by atomic mass is 16.5. The summed E-state index contributed by atoms with van der Waals surface area (Å²) >= 11 is 0. The summed E-state index contributed by atoms with van der Waals surface area (Å²) in [6, 6.07) is 20.7. The Hall–Kier alpha value is -3.55. The van der Waals surface area contributed by atoms with Gasteiger partial charge < -0.3 is 20.6 Å². The van der Waals surface area contributed by atoms with Crippen molar-refractivity contribution in [3.63, 3.8) is 0 Å². The Morgan fingerprint density at radius 2 is 1.55 bits per heavy atom. The summed E-state index contributed by atoms with van der Waals surface area (Å²) in [4.78, 5) is 4.42. The van der Waals surface area contributed by atoms with Gasteiger partial charge in [-0.25, -0.2) is 9.99 Å². The van der Waals surface area contributed by atoms with Gasteiger partial charge in [0.1, 0.15) is 29.2 Å². The normalized spacial score (nSPS) is 19.7. The topological polar surface area (TPSA) is 84.7 Å². The Bertz CT molecular complexity index is 1100. The van der Waals surface area contributed by atoms with E-state index in [1.807, 2.05) is 30.5 Å². The first-order chi connectivity index (χ1) is 16.0. The number of nitrogens with one attached hydrogen (secondary N) is 2. The van der Waals surface area contributed by atoms with E-state index in [1.54, 1.807) is 17.4 Å². The van der Waals surface area contributed by atoms with Gasteiger partial charge in [-0.3, -0.25) is 0 Å². The number of nitrogens with zero attached hydrogens (tertiary/aromatic N) is 2. The van der Waals surface area contributed by atoms with Crippen LogP contribution in [0.3, 0.4) is 0 Å². The maximum absolute atomic E-state index is 5.99. The standard InChI is InChI=1S/C26H29N5O2/c1-26(2,19-5-9-22(10-6-19)33-24-15-20(27)16-24)18-3-7-21(8-4-18)32-23-11-12-25(28-17-23)31-14-13-29-30-31/h3-14,17,20,24,29-30H,15-16,27H2,1-2H3. The van der Waals surface area contributed by atoms with Crippen LogP contribution in [-0.2, 0) is 5.41 Å². The number of benzene rings is 2. The minimum atomic E-state index is -0.149. The third-order valence-corrected chi connectivity index (χ3v) is 6.28. The number of rotatable bonds is 7.